The van der Waals surface area contributed by atoms with E-state index in [4.69, 9.17) is 5.26 Å². The van der Waals surface area contributed by atoms with Gasteiger partial charge in [0, 0.05) is 23.7 Å². The zero-order chi connectivity index (χ0) is 16.8. The summed E-state index contributed by atoms with van der Waals surface area (Å²) in [6.07, 6.45) is 0.707. The van der Waals surface area contributed by atoms with Gasteiger partial charge in [-0.1, -0.05) is 30.3 Å². The third kappa shape index (κ3) is 4.61. The zero-order valence-electron chi connectivity index (χ0n) is 13.6. The second-order valence-corrected chi connectivity index (χ2v) is 7.38. The molecule has 1 heterocycles. The molecule has 2 unspecified atom stereocenters. The number of aliphatic hydroxyl groups is 1. The van der Waals surface area contributed by atoms with Crippen LogP contribution in [0.25, 0.3) is 0 Å². The van der Waals surface area contributed by atoms with Crippen molar-refractivity contribution < 1.29 is 5.11 Å². The monoisotopic (exact) mass is 338 g/mol. The van der Waals surface area contributed by atoms with E-state index in [9.17, 15) is 5.11 Å². The van der Waals surface area contributed by atoms with Crippen molar-refractivity contribution in [3.8, 4) is 6.07 Å². The minimum Gasteiger partial charge on any atom is -0.387 e. The number of aliphatic hydroxyl groups excluding tert-OH is 1. The molecular weight excluding hydrogens is 316 g/mol. The number of benzene rings is 2. The highest BCUT2D eigenvalue weighted by Crippen LogP contribution is 2.27. The van der Waals surface area contributed by atoms with Crippen LogP contribution in [0.5, 0.6) is 0 Å². The molecule has 1 saturated heterocycles. The number of nitriles is 1. The minimum atomic E-state index is -0.488. The molecule has 1 aliphatic heterocycles. The quantitative estimate of drug-likeness (QED) is 0.816. The van der Waals surface area contributed by atoms with E-state index in [1.54, 1.807) is 12.1 Å². The molecule has 2 aromatic rings. The van der Waals surface area contributed by atoms with Gasteiger partial charge in [-0.05, 0) is 48.7 Å². The summed E-state index contributed by atoms with van der Waals surface area (Å²) < 4.78 is 0. The number of thioether (sulfide) groups is 1. The Balaban J connectivity index is 1.46. The van der Waals surface area contributed by atoms with E-state index in [0.29, 0.717) is 18.0 Å². The lowest BCUT2D eigenvalue weighted by atomic mass is 10.1. The summed E-state index contributed by atoms with van der Waals surface area (Å²) in [6.45, 7) is 2.76. The highest BCUT2D eigenvalue weighted by Gasteiger charge is 2.24. The Hall–Kier alpha value is -1.80. The number of rotatable bonds is 6. The van der Waals surface area contributed by atoms with Gasteiger partial charge in [0.2, 0.25) is 0 Å². The summed E-state index contributed by atoms with van der Waals surface area (Å²) >= 11 is 1.92. The van der Waals surface area contributed by atoms with Gasteiger partial charge >= 0.3 is 0 Å². The van der Waals surface area contributed by atoms with E-state index in [0.717, 1.165) is 24.4 Å². The van der Waals surface area contributed by atoms with E-state index < -0.39 is 6.10 Å². The molecule has 2 atom stereocenters. The van der Waals surface area contributed by atoms with Crippen LogP contribution < -0.4 is 0 Å². The van der Waals surface area contributed by atoms with E-state index in [1.165, 1.54) is 11.3 Å². The Morgan fingerprint density at radius 3 is 2.62 bits per heavy atom. The van der Waals surface area contributed by atoms with Crippen LogP contribution in [0.4, 0.5) is 0 Å². The van der Waals surface area contributed by atoms with Gasteiger partial charge in [-0.15, -0.1) is 11.8 Å². The van der Waals surface area contributed by atoms with E-state index >= 15 is 0 Å². The van der Waals surface area contributed by atoms with Crippen LogP contribution >= 0.6 is 11.8 Å². The van der Waals surface area contributed by atoms with Gasteiger partial charge in [0.05, 0.1) is 17.7 Å². The first-order valence-electron chi connectivity index (χ1n) is 8.33. The summed E-state index contributed by atoms with van der Waals surface area (Å²) in [4.78, 5) is 3.67. The predicted octanol–water partition coefficient (Wildman–Crippen LogP) is 3.71. The van der Waals surface area contributed by atoms with Crippen LogP contribution in [-0.2, 0) is 0 Å². The summed E-state index contributed by atoms with van der Waals surface area (Å²) in [5.74, 6) is 1.82. The second-order valence-electron chi connectivity index (χ2n) is 6.29. The molecule has 2 aromatic carbocycles. The molecule has 0 spiro atoms. The Morgan fingerprint density at radius 1 is 1.17 bits per heavy atom. The highest BCUT2D eigenvalue weighted by molar-refractivity contribution is 7.99. The maximum absolute atomic E-state index is 10.4. The molecular formula is C20H22N2OS. The smallest absolute Gasteiger partial charge is 0.0991 e. The lowest BCUT2D eigenvalue weighted by molar-refractivity contribution is 0.124. The third-order valence-corrected chi connectivity index (χ3v) is 5.70. The molecule has 124 valence electrons. The first-order chi connectivity index (χ1) is 11.7. The lowest BCUT2D eigenvalue weighted by Crippen LogP contribution is -2.26. The largest absolute Gasteiger partial charge is 0.387 e. The van der Waals surface area contributed by atoms with E-state index in [1.807, 2.05) is 30.0 Å². The van der Waals surface area contributed by atoms with Crippen molar-refractivity contribution >= 4 is 11.8 Å². The van der Waals surface area contributed by atoms with Crippen LogP contribution in [0.15, 0.2) is 59.5 Å². The molecule has 4 heteroatoms. The Morgan fingerprint density at radius 2 is 1.92 bits per heavy atom. The lowest BCUT2D eigenvalue weighted by Gasteiger charge is -2.20. The Bertz CT molecular complexity index is 681. The van der Waals surface area contributed by atoms with Crippen LogP contribution in [0.1, 0.15) is 23.7 Å². The van der Waals surface area contributed by atoms with Crippen LogP contribution in [0, 0.1) is 17.2 Å². The fourth-order valence-electron chi connectivity index (χ4n) is 3.08. The molecule has 3 rings (SSSR count). The van der Waals surface area contributed by atoms with Crippen molar-refractivity contribution in [3.63, 3.8) is 0 Å². The summed E-state index contributed by atoms with van der Waals surface area (Å²) in [5.41, 5.74) is 1.52. The van der Waals surface area contributed by atoms with Gasteiger partial charge in [-0.25, -0.2) is 0 Å². The molecule has 1 aliphatic rings. The van der Waals surface area contributed by atoms with E-state index in [2.05, 4.69) is 35.2 Å². The fraction of sp³-hybridized carbons (Fsp3) is 0.350. The summed E-state index contributed by atoms with van der Waals surface area (Å²) in [6, 6.07) is 19.9. The number of likely N-dealkylation sites (tertiary alicyclic amines) is 1. The van der Waals surface area contributed by atoms with Gasteiger partial charge in [-0.2, -0.15) is 5.26 Å². The van der Waals surface area contributed by atoms with E-state index in [-0.39, 0.29) is 0 Å². The van der Waals surface area contributed by atoms with Crippen molar-refractivity contribution in [2.24, 2.45) is 5.92 Å². The van der Waals surface area contributed by atoms with Crippen molar-refractivity contribution in [1.82, 2.24) is 4.90 Å². The molecule has 0 saturated carbocycles. The topological polar surface area (TPSA) is 47.3 Å². The molecule has 1 N–H and O–H groups in total. The molecule has 1 fully saturated rings. The minimum absolute atomic E-state index is 0.488. The molecule has 3 nitrogen and oxygen atoms in total. The number of hydrogen-bond acceptors (Lipinski definition) is 4. The first-order valence-corrected chi connectivity index (χ1v) is 9.31. The normalized spacial score (nSPS) is 19.1. The molecule has 0 aliphatic carbocycles. The standard InChI is InChI=1S/C20H22N2OS/c21-12-16-6-8-18(9-7-16)20(23)14-22-11-10-17(13-22)15-24-19-4-2-1-3-5-19/h1-9,17,20,23H,10-11,13-15H2. The van der Waals surface area contributed by atoms with Gasteiger partial charge in [0.25, 0.3) is 0 Å². The Labute approximate surface area is 147 Å². The van der Waals surface area contributed by atoms with Gasteiger partial charge in [-0.3, -0.25) is 0 Å². The maximum atomic E-state index is 10.4. The van der Waals surface area contributed by atoms with Crippen LogP contribution in [0.3, 0.4) is 0 Å². The third-order valence-electron chi connectivity index (χ3n) is 4.45. The van der Waals surface area contributed by atoms with Gasteiger partial charge < -0.3 is 10.0 Å². The second kappa shape index (κ2) is 8.34. The van der Waals surface area contributed by atoms with Gasteiger partial charge in [0.15, 0.2) is 0 Å². The highest BCUT2D eigenvalue weighted by atomic mass is 32.2. The van der Waals surface area contributed by atoms with Gasteiger partial charge in [0.1, 0.15) is 0 Å². The number of β-amino-alcohol motifs (C(OH)–C–C–N with tert-alkyl or cyclic N) is 1. The molecule has 0 aromatic heterocycles. The fourth-order valence-corrected chi connectivity index (χ4v) is 4.13. The number of hydrogen-bond donors (Lipinski definition) is 1. The maximum Gasteiger partial charge on any atom is 0.0991 e. The molecule has 0 bridgehead atoms. The van der Waals surface area contributed by atoms with Crippen molar-refractivity contribution in [2.75, 3.05) is 25.4 Å². The summed E-state index contributed by atoms with van der Waals surface area (Å²) in [5, 5.41) is 19.2. The molecule has 0 radical (unpaired) electrons. The summed E-state index contributed by atoms with van der Waals surface area (Å²) in [7, 11) is 0. The van der Waals surface area contributed by atoms with Crippen molar-refractivity contribution in [3.05, 3.63) is 65.7 Å². The van der Waals surface area contributed by atoms with Crippen LogP contribution in [0.2, 0.25) is 0 Å². The van der Waals surface area contributed by atoms with Crippen molar-refractivity contribution in [1.29, 1.82) is 5.26 Å². The average molecular weight is 338 g/mol. The zero-order valence-corrected chi connectivity index (χ0v) is 14.5. The van der Waals surface area contributed by atoms with Crippen molar-refractivity contribution in [2.45, 2.75) is 17.4 Å². The predicted molar refractivity (Wildman–Crippen MR) is 97.8 cm³/mol. The Kier molecular flexibility index (Phi) is 5.92. The SMILES string of the molecule is N#Cc1ccc(C(O)CN2CCC(CSc3ccccc3)C2)cc1. The van der Waals surface area contributed by atoms with Crippen LogP contribution in [-0.4, -0.2) is 35.4 Å². The first kappa shape index (κ1) is 17.0. The number of nitrogens with zero attached hydrogens (tertiary/aromatic N) is 2. The molecule has 24 heavy (non-hydrogen) atoms. The molecule has 0 amide bonds. The average Bonchev–Trinajstić information content (AvgIpc) is 3.08.